The largest absolute Gasteiger partial charge is 0.287 e. The lowest BCUT2D eigenvalue weighted by Gasteiger charge is -2.13. The van der Waals surface area contributed by atoms with Crippen molar-refractivity contribution < 1.29 is 8.42 Å². The van der Waals surface area contributed by atoms with Crippen LogP contribution >= 0.6 is 11.8 Å². The predicted octanol–water partition coefficient (Wildman–Crippen LogP) is 3.62. The third kappa shape index (κ3) is 5.27. The van der Waals surface area contributed by atoms with Gasteiger partial charge in [0.2, 0.25) is 10.0 Å². The highest BCUT2D eigenvalue weighted by Gasteiger charge is 2.12. The molecule has 0 atom stereocenters. The number of para-hydroxylation sites is 1. The summed E-state index contributed by atoms with van der Waals surface area (Å²) in [6.45, 7) is 0.444. The molecule has 0 unspecified atom stereocenters. The average molecular weight is 466 g/mol. The molecule has 0 spiro atoms. The number of benzene rings is 3. The smallest absolute Gasteiger partial charge is 0.262 e. The summed E-state index contributed by atoms with van der Waals surface area (Å²) in [7, 11) is -3.73. The van der Waals surface area contributed by atoms with Gasteiger partial charge in [-0.05, 0) is 48.2 Å². The summed E-state index contributed by atoms with van der Waals surface area (Å²) in [5, 5.41) is 6.44. The highest BCUT2D eigenvalue weighted by Crippen LogP contribution is 2.20. The molecule has 3 aromatic carbocycles. The van der Waals surface area contributed by atoms with Crippen LogP contribution in [0.15, 0.2) is 93.7 Å². The van der Waals surface area contributed by atoms with Gasteiger partial charge in [0.15, 0.2) is 5.16 Å². The number of primary sulfonamides is 1. The zero-order valence-corrected chi connectivity index (χ0v) is 19.0. The summed E-state index contributed by atoms with van der Waals surface area (Å²) in [5.74, 6) is 0.803. The lowest BCUT2D eigenvalue weighted by atomic mass is 10.1. The van der Waals surface area contributed by atoms with E-state index in [2.05, 4.69) is 12.1 Å². The minimum absolute atomic E-state index is 0.0704. The zero-order valence-electron chi connectivity index (χ0n) is 17.3. The van der Waals surface area contributed by atoms with E-state index >= 15 is 0 Å². The molecule has 4 rings (SSSR count). The van der Waals surface area contributed by atoms with Gasteiger partial charge in [0.25, 0.3) is 5.56 Å². The second kappa shape index (κ2) is 9.68. The van der Waals surface area contributed by atoms with Crippen LogP contribution in [0.5, 0.6) is 0 Å². The van der Waals surface area contributed by atoms with Crippen molar-refractivity contribution in [3.63, 3.8) is 0 Å². The van der Waals surface area contributed by atoms with Crippen molar-refractivity contribution in [2.45, 2.75) is 29.4 Å². The first-order chi connectivity index (χ1) is 15.4. The fourth-order valence-corrected chi connectivity index (χ4v) is 4.98. The number of thioether (sulfide) groups is 1. The molecule has 0 bridgehead atoms. The average Bonchev–Trinajstić information content (AvgIpc) is 2.79. The maximum Gasteiger partial charge on any atom is 0.262 e. The summed E-state index contributed by atoms with van der Waals surface area (Å²) in [6.07, 6.45) is 1.44. The molecule has 6 nitrogen and oxygen atoms in total. The fourth-order valence-electron chi connectivity index (χ4n) is 3.45. The van der Waals surface area contributed by atoms with Crippen LogP contribution in [0, 0.1) is 0 Å². The Balaban J connectivity index is 1.57. The molecule has 1 heterocycles. The maximum absolute atomic E-state index is 13.2. The number of aromatic nitrogens is 2. The SMILES string of the molecule is NS(=O)(=O)c1ccc(CCn2c(SCCc3ccccc3)nc3ccccc3c2=O)cc1. The van der Waals surface area contributed by atoms with Crippen LogP contribution in [0.4, 0.5) is 0 Å². The molecule has 0 aliphatic carbocycles. The number of hydrogen-bond acceptors (Lipinski definition) is 5. The Hall–Kier alpha value is -2.94. The van der Waals surface area contributed by atoms with Crippen LogP contribution in [-0.4, -0.2) is 23.7 Å². The van der Waals surface area contributed by atoms with E-state index in [0.717, 1.165) is 17.7 Å². The first-order valence-corrected chi connectivity index (χ1v) is 12.7. The molecule has 0 radical (unpaired) electrons. The first kappa shape index (κ1) is 22.3. The Morgan fingerprint density at radius 3 is 2.22 bits per heavy atom. The van der Waals surface area contributed by atoms with Crippen molar-refractivity contribution in [2.24, 2.45) is 5.14 Å². The summed E-state index contributed by atoms with van der Waals surface area (Å²) < 4.78 is 24.6. The van der Waals surface area contributed by atoms with Crippen LogP contribution in [0.25, 0.3) is 10.9 Å². The van der Waals surface area contributed by atoms with E-state index in [1.54, 1.807) is 34.5 Å². The molecule has 0 saturated heterocycles. The van der Waals surface area contributed by atoms with E-state index in [9.17, 15) is 13.2 Å². The first-order valence-electron chi connectivity index (χ1n) is 10.2. The topological polar surface area (TPSA) is 95.1 Å². The van der Waals surface area contributed by atoms with Crippen molar-refractivity contribution >= 4 is 32.7 Å². The van der Waals surface area contributed by atoms with Gasteiger partial charge in [-0.1, -0.05) is 66.4 Å². The van der Waals surface area contributed by atoms with Gasteiger partial charge in [0, 0.05) is 12.3 Å². The monoisotopic (exact) mass is 465 g/mol. The number of hydrogen-bond donors (Lipinski definition) is 1. The molecule has 164 valence electrons. The lowest BCUT2D eigenvalue weighted by molar-refractivity contribution is 0.594. The van der Waals surface area contributed by atoms with Crippen LogP contribution < -0.4 is 10.7 Å². The molecular weight excluding hydrogens is 442 g/mol. The van der Waals surface area contributed by atoms with Gasteiger partial charge in [-0.25, -0.2) is 18.5 Å². The van der Waals surface area contributed by atoms with Crippen molar-refractivity contribution in [1.29, 1.82) is 0 Å². The number of rotatable bonds is 8. The van der Waals surface area contributed by atoms with Crippen molar-refractivity contribution in [1.82, 2.24) is 9.55 Å². The molecule has 2 N–H and O–H groups in total. The van der Waals surface area contributed by atoms with Gasteiger partial charge in [-0.2, -0.15) is 0 Å². The van der Waals surface area contributed by atoms with Crippen molar-refractivity contribution in [3.8, 4) is 0 Å². The summed E-state index contributed by atoms with van der Waals surface area (Å²) in [6, 6.07) is 24.0. The minimum atomic E-state index is -3.73. The molecule has 8 heteroatoms. The second-order valence-electron chi connectivity index (χ2n) is 7.39. The Kier molecular flexibility index (Phi) is 6.74. The number of aryl methyl sites for hydroxylation is 2. The number of nitrogens with two attached hydrogens (primary N) is 1. The predicted molar refractivity (Wildman–Crippen MR) is 128 cm³/mol. The Labute approximate surface area is 191 Å². The maximum atomic E-state index is 13.2. The summed E-state index contributed by atoms with van der Waals surface area (Å²) in [4.78, 5) is 18.0. The van der Waals surface area contributed by atoms with Crippen molar-refractivity contribution in [3.05, 3.63) is 100 Å². The highest BCUT2D eigenvalue weighted by molar-refractivity contribution is 7.99. The van der Waals surface area contributed by atoms with Gasteiger partial charge in [-0.15, -0.1) is 0 Å². The molecule has 0 amide bonds. The minimum Gasteiger partial charge on any atom is -0.287 e. The Bertz CT molecular complexity index is 1380. The Morgan fingerprint density at radius 2 is 1.50 bits per heavy atom. The lowest BCUT2D eigenvalue weighted by Crippen LogP contribution is -2.24. The summed E-state index contributed by atoms with van der Waals surface area (Å²) >= 11 is 1.57. The van der Waals surface area contributed by atoms with E-state index in [1.807, 2.05) is 36.4 Å². The van der Waals surface area contributed by atoms with E-state index in [0.29, 0.717) is 29.0 Å². The van der Waals surface area contributed by atoms with E-state index in [-0.39, 0.29) is 10.5 Å². The van der Waals surface area contributed by atoms with E-state index in [1.165, 1.54) is 17.7 Å². The van der Waals surface area contributed by atoms with E-state index in [4.69, 9.17) is 10.1 Å². The fraction of sp³-hybridized carbons (Fsp3) is 0.167. The van der Waals surface area contributed by atoms with Crippen LogP contribution in [0.2, 0.25) is 0 Å². The summed E-state index contributed by atoms with van der Waals surface area (Å²) in [5.41, 5.74) is 2.77. The molecule has 0 fully saturated rings. The van der Waals surface area contributed by atoms with Crippen LogP contribution in [0.1, 0.15) is 11.1 Å². The molecule has 1 aromatic heterocycles. The standard InChI is InChI=1S/C24H23N3O3S2/c25-32(29,30)20-12-10-19(11-13-20)14-16-27-23(28)21-8-4-5-9-22(21)26-24(27)31-17-15-18-6-2-1-3-7-18/h1-13H,14-17H2,(H2,25,29,30). The van der Waals surface area contributed by atoms with Crippen molar-refractivity contribution in [2.75, 3.05) is 5.75 Å². The molecule has 0 saturated carbocycles. The third-order valence-corrected chi connectivity index (χ3v) is 7.07. The molecule has 0 aliphatic heterocycles. The normalized spacial score (nSPS) is 11.7. The number of nitrogens with zero attached hydrogens (tertiary/aromatic N) is 2. The number of fused-ring (bicyclic) bond motifs is 1. The van der Waals surface area contributed by atoms with Crippen LogP contribution in [-0.2, 0) is 29.4 Å². The molecule has 32 heavy (non-hydrogen) atoms. The Morgan fingerprint density at radius 1 is 0.844 bits per heavy atom. The van der Waals surface area contributed by atoms with Gasteiger partial charge in [0.05, 0.1) is 15.8 Å². The molecule has 4 aromatic rings. The highest BCUT2D eigenvalue weighted by atomic mass is 32.2. The van der Waals surface area contributed by atoms with Crippen LogP contribution in [0.3, 0.4) is 0 Å². The van der Waals surface area contributed by atoms with Gasteiger partial charge in [-0.3, -0.25) is 9.36 Å². The van der Waals surface area contributed by atoms with Gasteiger partial charge in [0.1, 0.15) is 0 Å². The quantitative estimate of drug-likeness (QED) is 0.317. The molecule has 0 aliphatic rings. The van der Waals surface area contributed by atoms with Gasteiger partial charge < -0.3 is 0 Å². The second-order valence-corrected chi connectivity index (χ2v) is 10.0. The third-order valence-electron chi connectivity index (χ3n) is 5.17. The van der Waals surface area contributed by atoms with E-state index < -0.39 is 10.0 Å². The molecular formula is C24H23N3O3S2. The number of sulfonamides is 1. The zero-order chi connectivity index (χ0) is 22.6. The van der Waals surface area contributed by atoms with Gasteiger partial charge >= 0.3 is 0 Å².